The third kappa shape index (κ3) is 6.62. The van der Waals surface area contributed by atoms with Crippen LogP contribution in [-0.4, -0.2) is 31.7 Å². The molecule has 0 fully saturated rings. The summed E-state index contributed by atoms with van der Waals surface area (Å²) in [5.41, 5.74) is 3.15. The van der Waals surface area contributed by atoms with E-state index >= 15 is 0 Å². The number of halogens is 1. The molecule has 0 saturated heterocycles. The molecular weight excluding hydrogens is 420 g/mol. The largest absolute Gasteiger partial charge is 0.457 e. The monoisotopic (exact) mass is 452 g/mol. The van der Waals surface area contributed by atoms with Crippen molar-refractivity contribution in [3.8, 4) is 11.5 Å². The van der Waals surface area contributed by atoms with E-state index in [1.165, 1.54) is 11.1 Å². The minimum absolute atomic E-state index is 0. The van der Waals surface area contributed by atoms with Crippen LogP contribution in [0.1, 0.15) is 51.2 Å². The maximum atomic E-state index is 12.1. The average molecular weight is 453 g/mol. The first-order valence-electron chi connectivity index (χ1n) is 10.5. The quantitative estimate of drug-likeness (QED) is 0.503. The smallest absolute Gasteiger partial charge is 0.232 e. The highest BCUT2D eigenvalue weighted by Gasteiger charge is 2.21. The zero-order chi connectivity index (χ0) is 20.9. The van der Waals surface area contributed by atoms with Gasteiger partial charge in [0.25, 0.3) is 0 Å². The highest BCUT2D eigenvalue weighted by molar-refractivity contribution is 7.92. The van der Waals surface area contributed by atoms with E-state index in [4.69, 9.17) is 4.74 Å². The first-order chi connectivity index (χ1) is 13.9. The van der Waals surface area contributed by atoms with E-state index in [0.29, 0.717) is 23.9 Å². The lowest BCUT2D eigenvalue weighted by atomic mass is 9.98. The van der Waals surface area contributed by atoms with E-state index in [1.807, 2.05) is 24.3 Å². The summed E-state index contributed by atoms with van der Waals surface area (Å²) in [6.07, 6.45) is 3.57. The summed E-state index contributed by atoms with van der Waals surface area (Å²) in [5, 5.41) is 0. The molecular formula is C23H33ClN2O3S. The molecule has 2 aromatic rings. The van der Waals surface area contributed by atoms with Gasteiger partial charge in [0, 0.05) is 30.4 Å². The highest BCUT2D eigenvalue weighted by Crippen LogP contribution is 2.32. The Morgan fingerprint density at radius 3 is 2.50 bits per heavy atom. The molecule has 2 aromatic carbocycles. The van der Waals surface area contributed by atoms with Crippen molar-refractivity contribution in [2.24, 2.45) is 0 Å². The van der Waals surface area contributed by atoms with Crippen LogP contribution >= 0.6 is 12.4 Å². The standard InChI is InChI=1S/C23H32N2O3S.ClH/c1-4-5-6-16-29(26,27)24-20-10-12-21(13-11-20)28-23-9-7-8-19-17-25(18(2)3)15-14-22(19)23;/h7-13,18,24H,4-6,14-17H2,1-3H3;1H. The molecule has 0 aromatic heterocycles. The van der Waals surface area contributed by atoms with Gasteiger partial charge in [0.15, 0.2) is 0 Å². The number of rotatable bonds is 9. The number of anilines is 1. The zero-order valence-electron chi connectivity index (χ0n) is 18.1. The lowest BCUT2D eigenvalue weighted by molar-refractivity contribution is 0.202. The number of hydrogen-bond donors (Lipinski definition) is 1. The Morgan fingerprint density at radius 1 is 1.10 bits per heavy atom. The molecule has 0 unspecified atom stereocenters. The fraction of sp³-hybridized carbons (Fsp3) is 0.478. The van der Waals surface area contributed by atoms with Gasteiger partial charge in [-0.2, -0.15) is 0 Å². The number of ether oxygens (including phenoxy) is 1. The van der Waals surface area contributed by atoms with E-state index in [2.05, 4.69) is 36.5 Å². The molecule has 0 atom stereocenters. The summed E-state index contributed by atoms with van der Waals surface area (Å²) in [5.74, 6) is 1.75. The number of benzene rings is 2. The molecule has 3 rings (SSSR count). The van der Waals surface area contributed by atoms with Crippen LogP contribution in [0.15, 0.2) is 42.5 Å². The minimum atomic E-state index is -3.30. The Balaban J connectivity index is 0.00000320. The predicted molar refractivity (Wildman–Crippen MR) is 126 cm³/mol. The molecule has 1 aliphatic heterocycles. The van der Waals surface area contributed by atoms with Gasteiger partial charge < -0.3 is 4.74 Å². The van der Waals surface area contributed by atoms with Gasteiger partial charge in [0.05, 0.1) is 5.75 Å². The Morgan fingerprint density at radius 2 is 1.83 bits per heavy atom. The molecule has 5 nitrogen and oxygen atoms in total. The first kappa shape index (κ1) is 24.5. The van der Waals surface area contributed by atoms with Gasteiger partial charge in [-0.05, 0) is 62.6 Å². The van der Waals surface area contributed by atoms with Crippen LogP contribution in [-0.2, 0) is 23.0 Å². The van der Waals surface area contributed by atoms with Crippen LogP contribution in [0.3, 0.4) is 0 Å². The van der Waals surface area contributed by atoms with Crippen LogP contribution in [0.4, 0.5) is 5.69 Å². The predicted octanol–water partition coefficient (Wildman–Crippen LogP) is 5.60. The van der Waals surface area contributed by atoms with E-state index in [1.54, 1.807) is 12.1 Å². The molecule has 1 aliphatic rings. The maximum Gasteiger partial charge on any atom is 0.232 e. The molecule has 1 heterocycles. The van der Waals surface area contributed by atoms with Crippen molar-refractivity contribution >= 4 is 28.1 Å². The van der Waals surface area contributed by atoms with E-state index in [9.17, 15) is 8.42 Å². The second kappa shape index (κ2) is 11.0. The van der Waals surface area contributed by atoms with Crippen molar-refractivity contribution in [2.45, 2.75) is 59.0 Å². The van der Waals surface area contributed by atoms with Crippen molar-refractivity contribution in [1.29, 1.82) is 0 Å². The van der Waals surface area contributed by atoms with Crippen LogP contribution in [0.25, 0.3) is 0 Å². The fourth-order valence-electron chi connectivity index (χ4n) is 3.62. The molecule has 166 valence electrons. The van der Waals surface area contributed by atoms with Crippen LogP contribution in [0.2, 0.25) is 0 Å². The summed E-state index contributed by atoms with van der Waals surface area (Å²) in [6.45, 7) is 8.49. The number of hydrogen-bond acceptors (Lipinski definition) is 4. The normalized spacial score (nSPS) is 14.1. The molecule has 0 bridgehead atoms. The second-order valence-electron chi connectivity index (χ2n) is 7.96. The third-order valence-electron chi connectivity index (χ3n) is 5.35. The summed E-state index contributed by atoms with van der Waals surface area (Å²) in [4.78, 5) is 2.47. The van der Waals surface area contributed by atoms with E-state index < -0.39 is 10.0 Å². The number of nitrogens with one attached hydrogen (secondary N) is 1. The summed E-state index contributed by atoms with van der Waals surface area (Å²) in [6, 6.07) is 13.9. The molecule has 0 radical (unpaired) electrons. The fourth-order valence-corrected chi connectivity index (χ4v) is 4.80. The summed E-state index contributed by atoms with van der Waals surface area (Å²) >= 11 is 0. The average Bonchev–Trinajstić information content (AvgIpc) is 2.69. The Kier molecular flexibility index (Phi) is 9.01. The van der Waals surface area contributed by atoms with Gasteiger partial charge in [0.1, 0.15) is 11.5 Å². The highest BCUT2D eigenvalue weighted by atomic mass is 35.5. The molecule has 0 amide bonds. The topological polar surface area (TPSA) is 58.6 Å². The van der Waals surface area contributed by atoms with E-state index in [-0.39, 0.29) is 18.2 Å². The van der Waals surface area contributed by atoms with Crippen LogP contribution in [0, 0.1) is 0 Å². The van der Waals surface area contributed by atoms with E-state index in [0.717, 1.165) is 38.1 Å². The molecule has 1 N–H and O–H groups in total. The lowest BCUT2D eigenvalue weighted by Gasteiger charge is -2.32. The molecule has 0 spiro atoms. The Hall–Kier alpha value is -1.76. The number of nitrogens with zero attached hydrogens (tertiary/aromatic N) is 1. The molecule has 0 aliphatic carbocycles. The minimum Gasteiger partial charge on any atom is -0.457 e. The number of unbranched alkanes of at least 4 members (excludes halogenated alkanes) is 2. The zero-order valence-corrected chi connectivity index (χ0v) is 19.7. The van der Waals surface area contributed by atoms with Crippen molar-refractivity contribution < 1.29 is 13.2 Å². The summed E-state index contributed by atoms with van der Waals surface area (Å²) in [7, 11) is -3.30. The van der Waals surface area contributed by atoms with Gasteiger partial charge in [-0.3, -0.25) is 9.62 Å². The molecule has 30 heavy (non-hydrogen) atoms. The summed E-state index contributed by atoms with van der Waals surface area (Å²) < 4.78 is 33.1. The second-order valence-corrected chi connectivity index (χ2v) is 9.80. The van der Waals surface area contributed by atoms with Gasteiger partial charge in [-0.25, -0.2) is 8.42 Å². The molecule has 0 saturated carbocycles. The molecule has 7 heteroatoms. The van der Waals surface area contributed by atoms with Crippen molar-refractivity contribution in [1.82, 2.24) is 4.90 Å². The van der Waals surface area contributed by atoms with Gasteiger partial charge >= 0.3 is 0 Å². The lowest BCUT2D eigenvalue weighted by Crippen LogP contribution is -2.35. The van der Waals surface area contributed by atoms with Gasteiger partial charge in [-0.1, -0.05) is 31.9 Å². The maximum absolute atomic E-state index is 12.1. The van der Waals surface area contributed by atoms with Gasteiger partial charge in [0.2, 0.25) is 10.0 Å². The number of fused-ring (bicyclic) bond motifs is 1. The first-order valence-corrected chi connectivity index (χ1v) is 12.2. The van der Waals surface area contributed by atoms with Crippen LogP contribution < -0.4 is 9.46 Å². The van der Waals surface area contributed by atoms with Gasteiger partial charge in [-0.15, -0.1) is 12.4 Å². The van der Waals surface area contributed by atoms with Crippen LogP contribution in [0.5, 0.6) is 11.5 Å². The number of sulfonamides is 1. The Bertz CT molecular complexity index is 915. The van der Waals surface area contributed by atoms with Crippen molar-refractivity contribution in [3.63, 3.8) is 0 Å². The third-order valence-corrected chi connectivity index (χ3v) is 6.73. The van der Waals surface area contributed by atoms with Crippen molar-refractivity contribution in [3.05, 3.63) is 53.6 Å². The Labute approximate surface area is 187 Å². The SMILES string of the molecule is CCCCCS(=O)(=O)Nc1ccc(Oc2cccc3c2CCN(C(C)C)C3)cc1.Cl. The van der Waals surface area contributed by atoms with Crippen molar-refractivity contribution in [2.75, 3.05) is 17.0 Å².